The summed E-state index contributed by atoms with van der Waals surface area (Å²) in [5, 5.41) is 20.9. The average molecular weight is 430 g/mol. The number of aliphatic hydroxyl groups is 1. The zero-order valence-electron chi connectivity index (χ0n) is 17.6. The van der Waals surface area contributed by atoms with Crippen LogP contribution in [0.1, 0.15) is 28.3 Å². The molecule has 1 aliphatic rings. The Morgan fingerprint density at radius 1 is 1.12 bits per heavy atom. The molecule has 162 valence electrons. The summed E-state index contributed by atoms with van der Waals surface area (Å²) >= 11 is 0. The molecule has 2 aromatic carbocycles. The average Bonchev–Trinajstić information content (AvgIpc) is 3.04. The minimum atomic E-state index is -0.822. The summed E-state index contributed by atoms with van der Waals surface area (Å²) in [6, 6.07) is 14.1. The van der Waals surface area contributed by atoms with Gasteiger partial charge in [0.1, 0.15) is 17.3 Å². The van der Waals surface area contributed by atoms with Crippen molar-refractivity contribution in [3.05, 3.63) is 94.8 Å². The zero-order valence-corrected chi connectivity index (χ0v) is 17.6. The molecule has 1 aliphatic heterocycles. The van der Waals surface area contributed by atoms with Gasteiger partial charge in [-0.05, 0) is 60.0 Å². The molecule has 3 aromatic rings. The minimum Gasteiger partial charge on any atom is -0.508 e. The molecule has 7 heteroatoms. The molecule has 0 bridgehead atoms. The maximum absolute atomic E-state index is 13.1. The number of benzene rings is 2. The Morgan fingerprint density at radius 3 is 2.50 bits per heavy atom. The summed E-state index contributed by atoms with van der Waals surface area (Å²) in [6.45, 7) is 1.93. The van der Waals surface area contributed by atoms with Gasteiger partial charge in [0, 0.05) is 24.5 Å². The lowest BCUT2D eigenvalue weighted by molar-refractivity contribution is -0.140. The first-order valence-electron chi connectivity index (χ1n) is 10.0. The lowest BCUT2D eigenvalue weighted by Crippen LogP contribution is -2.29. The number of aromatic hydroxyl groups is 1. The van der Waals surface area contributed by atoms with Gasteiger partial charge in [0.15, 0.2) is 0 Å². The van der Waals surface area contributed by atoms with E-state index in [2.05, 4.69) is 4.98 Å². The van der Waals surface area contributed by atoms with Crippen LogP contribution in [0.2, 0.25) is 0 Å². The first kappa shape index (κ1) is 21.1. The van der Waals surface area contributed by atoms with E-state index in [0.717, 1.165) is 5.56 Å². The second kappa shape index (κ2) is 8.55. The van der Waals surface area contributed by atoms with Gasteiger partial charge in [0.2, 0.25) is 0 Å². The molecule has 7 nitrogen and oxygen atoms in total. The summed E-state index contributed by atoms with van der Waals surface area (Å²) < 4.78 is 5.22. The standard InChI is InChI=1S/C25H22N2O5/c1-15-12-19(32-2)9-10-20(15)23(29)21-22(17-5-7-18(28)8-6-17)27(25(31)24(21)30)14-16-4-3-11-26-13-16/h3-13,22,28-29H,14H2,1-2H3/b23-21+/t22-/m0/s1. The quantitative estimate of drug-likeness (QED) is 0.364. The van der Waals surface area contributed by atoms with Gasteiger partial charge >= 0.3 is 0 Å². The number of aryl methyl sites for hydroxylation is 1. The second-order valence-corrected chi connectivity index (χ2v) is 7.56. The smallest absolute Gasteiger partial charge is 0.295 e. The third-order valence-corrected chi connectivity index (χ3v) is 5.51. The molecule has 1 aromatic heterocycles. The Labute approximate surface area is 185 Å². The van der Waals surface area contributed by atoms with Crippen molar-refractivity contribution in [2.24, 2.45) is 0 Å². The third-order valence-electron chi connectivity index (χ3n) is 5.51. The predicted octanol–water partition coefficient (Wildman–Crippen LogP) is 3.73. The minimum absolute atomic E-state index is 0.00199. The number of amides is 1. The van der Waals surface area contributed by atoms with E-state index in [1.165, 1.54) is 17.0 Å². The van der Waals surface area contributed by atoms with Gasteiger partial charge < -0.3 is 19.8 Å². The number of rotatable bonds is 5. The number of aliphatic hydroxyl groups excluding tert-OH is 1. The number of aromatic nitrogens is 1. The summed E-state index contributed by atoms with van der Waals surface area (Å²) in [5.74, 6) is -1.05. The number of ketones is 1. The number of methoxy groups -OCH3 is 1. The molecule has 1 atom stereocenters. The van der Waals surface area contributed by atoms with Crippen LogP contribution < -0.4 is 4.74 Å². The molecule has 1 amide bonds. The highest BCUT2D eigenvalue weighted by atomic mass is 16.5. The molecule has 0 spiro atoms. The number of phenols is 1. The van der Waals surface area contributed by atoms with Crippen molar-refractivity contribution in [3.63, 3.8) is 0 Å². The molecule has 4 rings (SSSR count). The second-order valence-electron chi connectivity index (χ2n) is 7.56. The van der Waals surface area contributed by atoms with Crippen LogP contribution in [0.25, 0.3) is 5.76 Å². The lowest BCUT2D eigenvalue weighted by Gasteiger charge is -2.25. The van der Waals surface area contributed by atoms with Gasteiger partial charge in [-0.3, -0.25) is 14.6 Å². The Morgan fingerprint density at radius 2 is 1.88 bits per heavy atom. The normalized spacial score (nSPS) is 17.6. The molecular formula is C25H22N2O5. The van der Waals surface area contributed by atoms with E-state index in [9.17, 15) is 19.8 Å². The number of carbonyl (C=O) groups excluding carboxylic acids is 2. The van der Waals surface area contributed by atoms with E-state index in [0.29, 0.717) is 22.4 Å². The van der Waals surface area contributed by atoms with Crippen LogP contribution in [0.15, 0.2) is 72.6 Å². The maximum atomic E-state index is 13.1. The Kier molecular flexibility index (Phi) is 5.64. The van der Waals surface area contributed by atoms with Crippen LogP contribution in [0.3, 0.4) is 0 Å². The number of hydrogen-bond donors (Lipinski definition) is 2. The van der Waals surface area contributed by atoms with Gasteiger partial charge in [0.25, 0.3) is 11.7 Å². The fraction of sp³-hybridized carbons (Fsp3) is 0.160. The molecule has 0 unspecified atom stereocenters. The number of ether oxygens (including phenoxy) is 1. The number of phenolic OH excluding ortho intramolecular Hbond substituents is 1. The largest absolute Gasteiger partial charge is 0.508 e. The zero-order chi connectivity index (χ0) is 22.8. The third kappa shape index (κ3) is 3.80. The maximum Gasteiger partial charge on any atom is 0.295 e. The van der Waals surface area contributed by atoms with Crippen LogP contribution in [0.4, 0.5) is 0 Å². The van der Waals surface area contributed by atoms with Gasteiger partial charge in [-0.2, -0.15) is 0 Å². The Bertz CT molecular complexity index is 1200. The highest BCUT2D eigenvalue weighted by molar-refractivity contribution is 6.46. The molecule has 32 heavy (non-hydrogen) atoms. The van der Waals surface area contributed by atoms with Crippen molar-refractivity contribution in [2.45, 2.75) is 19.5 Å². The monoisotopic (exact) mass is 430 g/mol. The van der Waals surface area contributed by atoms with Crippen molar-refractivity contribution >= 4 is 17.4 Å². The highest BCUT2D eigenvalue weighted by Crippen LogP contribution is 2.41. The first-order chi connectivity index (χ1) is 15.4. The summed E-state index contributed by atoms with van der Waals surface area (Å²) in [6.07, 6.45) is 3.25. The van der Waals surface area contributed by atoms with Crippen molar-refractivity contribution in [2.75, 3.05) is 7.11 Å². The van der Waals surface area contributed by atoms with E-state index < -0.39 is 17.7 Å². The number of Topliss-reactive ketones (excluding diaryl/α,β-unsaturated/α-hetero) is 1. The molecule has 2 heterocycles. The Balaban J connectivity index is 1.87. The molecule has 0 radical (unpaired) electrons. The molecule has 1 saturated heterocycles. The molecule has 2 N–H and O–H groups in total. The molecule has 0 aliphatic carbocycles. The topological polar surface area (TPSA) is 100.0 Å². The van der Waals surface area contributed by atoms with E-state index in [4.69, 9.17) is 4.74 Å². The summed E-state index contributed by atoms with van der Waals surface area (Å²) in [5.41, 5.74) is 2.48. The molecule has 1 fully saturated rings. The van der Waals surface area contributed by atoms with Crippen LogP contribution in [-0.4, -0.2) is 38.9 Å². The van der Waals surface area contributed by atoms with E-state index in [-0.39, 0.29) is 23.6 Å². The Hall–Kier alpha value is -4.13. The van der Waals surface area contributed by atoms with Crippen molar-refractivity contribution in [1.29, 1.82) is 0 Å². The van der Waals surface area contributed by atoms with E-state index in [1.807, 2.05) is 6.07 Å². The van der Waals surface area contributed by atoms with Crippen molar-refractivity contribution in [3.8, 4) is 11.5 Å². The van der Waals surface area contributed by atoms with Gasteiger partial charge in [-0.15, -0.1) is 0 Å². The number of carbonyl (C=O) groups is 2. The van der Waals surface area contributed by atoms with Gasteiger partial charge in [-0.25, -0.2) is 0 Å². The van der Waals surface area contributed by atoms with Gasteiger partial charge in [-0.1, -0.05) is 18.2 Å². The van der Waals surface area contributed by atoms with E-state index in [1.54, 1.807) is 62.8 Å². The van der Waals surface area contributed by atoms with Crippen LogP contribution in [-0.2, 0) is 16.1 Å². The summed E-state index contributed by atoms with van der Waals surface area (Å²) in [4.78, 5) is 31.6. The number of likely N-dealkylation sites (tertiary alicyclic amines) is 1. The van der Waals surface area contributed by atoms with Crippen LogP contribution in [0.5, 0.6) is 11.5 Å². The SMILES string of the molecule is COc1ccc(/C(O)=C2\C(=O)C(=O)N(Cc3cccnc3)[C@H]2c2ccc(O)cc2)c(C)c1. The van der Waals surface area contributed by atoms with E-state index >= 15 is 0 Å². The van der Waals surface area contributed by atoms with Crippen molar-refractivity contribution < 1.29 is 24.5 Å². The van der Waals surface area contributed by atoms with Crippen LogP contribution in [0, 0.1) is 6.92 Å². The number of nitrogens with zero attached hydrogens (tertiary/aromatic N) is 2. The van der Waals surface area contributed by atoms with Gasteiger partial charge in [0.05, 0.1) is 18.7 Å². The predicted molar refractivity (Wildman–Crippen MR) is 118 cm³/mol. The molecular weight excluding hydrogens is 408 g/mol. The molecule has 0 saturated carbocycles. The fourth-order valence-corrected chi connectivity index (χ4v) is 3.91. The summed E-state index contributed by atoms with van der Waals surface area (Å²) in [7, 11) is 1.54. The first-order valence-corrected chi connectivity index (χ1v) is 10.0. The lowest BCUT2D eigenvalue weighted by atomic mass is 9.93. The number of hydrogen-bond acceptors (Lipinski definition) is 6. The fourth-order valence-electron chi connectivity index (χ4n) is 3.91. The van der Waals surface area contributed by atoms with Crippen molar-refractivity contribution in [1.82, 2.24) is 9.88 Å². The van der Waals surface area contributed by atoms with Crippen LogP contribution >= 0.6 is 0 Å². The number of pyridine rings is 1. The highest BCUT2D eigenvalue weighted by Gasteiger charge is 2.46.